The summed E-state index contributed by atoms with van der Waals surface area (Å²) in [5.41, 5.74) is 0.706. The van der Waals surface area contributed by atoms with Gasteiger partial charge in [-0.1, -0.05) is 26.3 Å². The molecule has 0 bridgehead atoms. The van der Waals surface area contributed by atoms with Gasteiger partial charge >= 0.3 is 23.9 Å². The summed E-state index contributed by atoms with van der Waals surface area (Å²) in [6.07, 6.45) is 2.49. The van der Waals surface area contributed by atoms with Crippen LogP contribution in [0.25, 0.3) is 0 Å². The summed E-state index contributed by atoms with van der Waals surface area (Å²) in [5, 5.41) is 0. The lowest BCUT2D eigenvalue weighted by molar-refractivity contribution is -0.146. The van der Waals surface area contributed by atoms with Crippen LogP contribution in [-0.2, 0) is 38.1 Å². The van der Waals surface area contributed by atoms with Gasteiger partial charge in [-0.05, 0) is 27.7 Å². The van der Waals surface area contributed by atoms with Crippen molar-refractivity contribution < 1.29 is 38.1 Å². The molecule has 2 unspecified atom stereocenters. The summed E-state index contributed by atoms with van der Waals surface area (Å²) in [6, 6.07) is 0. The van der Waals surface area contributed by atoms with E-state index in [4.69, 9.17) is 18.9 Å². The van der Waals surface area contributed by atoms with Gasteiger partial charge in [0.05, 0.1) is 13.2 Å². The largest absolute Gasteiger partial charge is 0.462 e. The van der Waals surface area contributed by atoms with Crippen LogP contribution in [0, 0.1) is 0 Å². The van der Waals surface area contributed by atoms with Crippen molar-refractivity contribution in [2.75, 3.05) is 13.2 Å². The first-order valence-corrected chi connectivity index (χ1v) is 9.25. The average Bonchev–Trinajstić information content (AvgIpc) is 2.67. The van der Waals surface area contributed by atoms with Gasteiger partial charge in [-0.25, -0.2) is 19.2 Å². The van der Waals surface area contributed by atoms with Crippen LogP contribution in [0.2, 0.25) is 0 Å². The van der Waals surface area contributed by atoms with Crippen LogP contribution in [0.1, 0.15) is 40.5 Å². The molecule has 8 nitrogen and oxygen atoms in total. The Labute approximate surface area is 178 Å². The predicted molar refractivity (Wildman–Crippen MR) is 112 cm³/mol. The molecule has 2 atom stereocenters. The van der Waals surface area contributed by atoms with Gasteiger partial charge in [0.25, 0.3) is 0 Å². The van der Waals surface area contributed by atoms with Gasteiger partial charge in [0, 0.05) is 36.1 Å². The van der Waals surface area contributed by atoms with E-state index in [1.54, 1.807) is 27.7 Å². The molecule has 0 aliphatic heterocycles. The molecule has 0 heterocycles. The summed E-state index contributed by atoms with van der Waals surface area (Å²) in [5.74, 6) is -1.82. The number of hydrogen-bond acceptors (Lipinski definition) is 8. The summed E-state index contributed by atoms with van der Waals surface area (Å²) < 4.78 is 19.4. The SMILES string of the molecule is C=C(C)C(=O)OCCC(C)OC(=O)C(=C)C.C=CC(=O)OCCC(C)OC(=O)C=C. The molecular formula is C22H32O8. The minimum Gasteiger partial charge on any atom is -0.462 e. The third-order valence-corrected chi connectivity index (χ3v) is 3.18. The van der Waals surface area contributed by atoms with Crippen LogP contribution >= 0.6 is 0 Å². The molecule has 30 heavy (non-hydrogen) atoms. The first-order valence-electron chi connectivity index (χ1n) is 9.25. The quantitative estimate of drug-likeness (QED) is 0.267. The summed E-state index contributed by atoms with van der Waals surface area (Å²) in [6.45, 7) is 20.4. The molecule has 0 aliphatic rings. The Kier molecular flexibility index (Phi) is 16.2. The molecular weight excluding hydrogens is 392 g/mol. The number of carbonyl (C=O) groups excluding carboxylic acids is 4. The van der Waals surface area contributed by atoms with Crippen LogP contribution in [0.4, 0.5) is 0 Å². The molecule has 0 aromatic carbocycles. The van der Waals surface area contributed by atoms with Crippen molar-refractivity contribution in [2.24, 2.45) is 0 Å². The molecule has 168 valence electrons. The number of carbonyl (C=O) groups is 4. The van der Waals surface area contributed by atoms with E-state index in [1.165, 1.54) is 0 Å². The standard InChI is InChI=1S/C12H18O4.C10H14O4/c1-8(2)11(13)15-7-6-10(5)16-12(14)9(3)4;1-4-9(11)13-7-6-8(3)14-10(12)5-2/h10H,1,3,6-7H2,2,4-5H3;4-5,8H,1-2,6-7H2,3H3. The molecule has 0 rings (SSSR count). The number of esters is 4. The fourth-order valence-corrected chi connectivity index (χ4v) is 1.47. The normalized spacial score (nSPS) is 11.3. The Morgan fingerprint density at radius 3 is 1.60 bits per heavy atom. The van der Waals surface area contributed by atoms with Crippen LogP contribution in [0.15, 0.2) is 49.6 Å². The van der Waals surface area contributed by atoms with Crippen LogP contribution in [-0.4, -0.2) is 49.3 Å². The van der Waals surface area contributed by atoms with Gasteiger partial charge < -0.3 is 18.9 Å². The molecule has 0 aromatic heterocycles. The number of hydrogen-bond donors (Lipinski definition) is 0. The van der Waals surface area contributed by atoms with Crippen molar-refractivity contribution in [3.05, 3.63) is 49.6 Å². The van der Waals surface area contributed by atoms with E-state index < -0.39 is 23.9 Å². The van der Waals surface area contributed by atoms with Gasteiger partial charge in [0.2, 0.25) is 0 Å². The Morgan fingerprint density at radius 2 is 1.17 bits per heavy atom. The van der Waals surface area contributed by atoms with Gasteiger partial charge in [-0.15, -0.1) is 0 Å². The summed E-state index contributed by atoms with van der Waals surface area (Å²) in [4.78, 5) is 43.4. The second-order valence-corrected chi connectivity index (χ2v) is 6.31. The fourth-order valence-electron chi connectivity index (χ4n) is 1.47. The zero-order valence-corrected chi connectivity index (χ0v) is 18.2. The van der Waals surface area contributed by atoms with Crippen molar-refractivity contribution in [3.63, 3.8) is 0 Å². The molecule has 0 radical (unpaired) electrons. The Balaban J connectivity index is 0. The Bertz CT molecular complexity index is 648. The second-order valence-electron chi connectivity index (χ2n) is 6.31. The maximum atomic E-state index is 11.1. The number of ether oxygens (including phenoxy) is 4. The van der Waals surface area contributed by atoms with Crippen LogP contribution in [0.5, 0.6) is 0 Å². The van der Waals surface area contributed by atoms with Crippen LogP contribution in [0.3, 0.4) is 0 Å². The lowest BCUT2D eigenvalue weighted by Crippen LogP contribution is -2.18. The zero-order valence-electron chi connectivity index (χ0n) is 18.2. The van der Waals surface area contributed by atoms with E-state index in [0.29, 0.717) is 24.0 Å². The highest BCUT2D eigenvalue weighted by Crippen LogP contribution is 2.03. The third-order valence-electron chi connectivity index (χ3n) is 3.18. The smallest absolute Gasteiger partial charge is 0.333 e. The van der Waals surface area contributed by atoms with E-state index in [2.05, 4.69) is 26.3 Å². The summed E-state index contributed by atoms with van der Waals surface area (Å²) >= 11 is 0. The maximum Gasteiger partial charge on any atom is 0.333 e. The molecule has 0 N–H and O–H groups in total. The molecule has 8 heteroatoms. The zero-order chi connectivity index (χ0) is 23.7. The van der Waals surface area contributed by atoms with E-state index in [0.717, 1.165) is 12.2 Å². The molecule has 0 aromatic rings. The van der Waals surface area contributed by atoms with Crippen molar-refractivity contribution in [1.29, 1.82) is 0 Å². The Morgan fingerprint density at radius 1 is 0.733 bits per heavy atom. The lowest BCUT2D eigenvalue weighted by Gasteiger charge is -2.13. The van der Waals surface area contributed by atoms with Gasteiger partial charge in [0.15, 0.2) is 0 Å². The van der Waals surface area contributed by atoms with Gasteiger partial charge in [-0.2, -0.15) is 0 Å². The van der Waals surface area contributed by atoms with Gasteiger partial charge in [0.1, 0.15) is 12.2 Å². The Hall–Kier alpha value is -3.16. The van der Waals surface area contributed by atoms with Gasteiger partial charge in [-0.3, -0.25) is 0 Å². The second kappa shape index (κ2) is 16.8. The predicted octanol–water partition coefficient (Wildman–Crippen LogP) is 3.23. The first kappa shape index (κ1) is 29.0. The van der Waals surface area contributed by atoms with Crippen molar-refractivity contribution in [2.45, 2.75) is 52.7 Å². The van der Waals surface area contributed by atoms with Crippen LogP contribution < -0.4 is 0 Å². The van der Waals surface area contributed by atoms with E-state index in [1.807, 2.05) is 0 Å². The lowest BCUT2D eigenvalue weighted by atomic mass is 10.3. The molecule has 0 aliphatic carbocycles. The van der Waals surface area contributed by atoms with Crippen molar-refractivity contribution >= 4 is 23.9 Å². The molecule has 0 fully saturated rings. The summed E-state index contributed by atoms with van der Waals surface area (Å²) in [7, 11) is 0. The first-order chi connectivity index (χ1) is 13.9. The number of rotatable bonds is 12. The molecule has 0 saturated heterocycles. The minimum atomic E-state index is -0.479. The highest BCUT2D eigenvalue weighted by Gasteiger charge is 2.11. The highest BCUT2D eigenvalue weighted by molar-refractivity contribution is 5.87. The van der Waals surface area contributed by atoms with Crippen molar-refractivity contribution in [1.82, 2.24) is 0 Å². The van der Waals surface area contributed by atoms with E-state index >= 15 is 0 Å². The molecule has 0 spiro atoms. The monoisotopic (exact) mass is 424 g/mol. The fraction of sp³-hybridized carbons (Fsp3) is 0.455. The van der Waals surface area contributed by atoms with E-state index in [9.17, 15) is 19.2 Å². The molecule has 0 saturated carbocycles. The highest BCUT2D eigenvalue weighted by atomic mass is 16.6. The molecule has 0 amide bonds. The average molecular weight is 424 g/mol. The van der Waals surface area contributed by atoms with Crippen molar-refractivity contribution in [3.8, 4) is 0 Å². The maximum absolute atomic E-state index is 11.1. The third kappa shape index (κ3) is 17.0. The topological polar surface area (TPSA) is 105 Å². The minimum absolute atomic E-state index is 0.205. The van der Waals surface area contributed by atoms with E-state index in [-0.39, 0.29) is 25.4 Å².